The summed E-state index contributed by atoms with van der Waals surface area (Å²) in [5.74, 6) is 1.02. The minimum absolute atomic E-state index is 0.253. The van der Waals surface area contributed by atoms with Crippen molar-refractivity contribution >= 4 is 32.6 Å². The Balaban J connectivity index is 1.82. The van der Waals surface area contributed by atoms with Crippen molar-refractivity contribution in [1.82, 2.24) is 10.1 Å². The number of fused-ring (bicyclic) bond motifs is 1. The number of methoxy groups -OCH3 is 1. The molecule has 1 amide bonds. The van der Waals surface area contributed by atoms with Crippen molar-refractivity contribution in [3.8, 4) is 5.75 Å². The number of aryl methyl sites for hydroxylation is 2. The van der Waals surface area contributed by atoms with Gasteiger partial charge in [0.2, 0.25) is 0 Å². The molecule has 0 saturated heterocycles. The van der Waals surface area contributed by atoms with Gasteiger partial charge in [-0.2, -0.15) is 0 Å². The summed E-state index contributed by atoms with van der Waals surface area (Å²) in [6.45, 7) is 4.16. The molecule has 0 atom stereocenters. The molecule has 2 aromatic carbocycles. The maximum atomic E-state index is 13.2. The Hall–Kier alpha value is -3.19. The molecule has 28 heavy (non-hydrogen) atoms. The van der Waals surface area contributed by atoms with Crippen LogP contribution in [0.2, 0.25) is 0 Å². The van der Waals surface area contributed by atoms with E-state index in [-0.39, 0.29) is 11.6 Å². The average molecular weight is 393 g/mol. The van der Waals surface area contributed by atoms with Gasteiger partial charge in [-0.15, -0.1) is 0 Å². The Kier molecular flexibility index (Phi) is 4.83. The zero-order valence-electron chi connectivity index (χ0n) is 15.8. The molecule has 0 aliphatic rings. The number of amides is 1. The minimum Gasteiger partial charge on any atom is -0.494 e. The van der Waals surface area contributed by atoms with Crippen molar-refractivity contribution in [2.75, 3.05) is 12.0 Å². The van der Waals surface area contributed by atoms with E-state index in [2.05, 4.69) is 5.16 Å². The van der Waals surface area contributed by atoms with E-state index < -0.39 is 0 Å². The second kappa shape index (κ2) is 7.44. The minimum atomic E-state index is -0.253. The number of carbonyl (C=O) groups is 1. The van der Waals surface area contributed by atoms with E-state index in [1.165, 1.54) is 11.3 Å². The molecule has 6 nitrogen and oxygen atoms in total. The summed E-state index contributed by atoms with van der Waals surface area (Å²) in [7, 11) is 1.62. The van der Waals surface area contributed by atoms with Gasteiger partial charge in [0.05, 0.1) is 18.4 Å². The highest BCUT2D eigenvalue weighted by molar-refractivity contribution is 7.22. The topological polar surface area (TPSA) is 68.5 Å². The molecule has 0 N–H and O–H groups in total. The van der Waals surface area contributed by atoms with Gasteiger partial charge in [-0.05, 0) is 31.0 Å². The van der Waals surface area contributed by atoms with E-state index in [4.69, 9.17) is 14.2 Å². The van der Waals surface area contributed by atoms with Crippen molar-refractivity contribution in [3.05, 3.63) is 71.1 Å². The van der Waals surface area contributed by atoms with Gasteiger partial charge >= 0.3 is 0 Å². The molecule has 4 rings (SSSR count). The number of thiazole rings is 1. The lowest BCUT2D eigenvalue weighted by Crippen LogP contribution is -2.30. The molecule has 0 fully saturated rings. The first-order valence-electron chi connectivity index (χ1n) is 8.80. The first-order chi connectivity index (χ1) is 13.6. The smallest absolute Gasteiger partial charge is 0.282 e. The first-order valence-corrected chi connectivity index (χ1v) is 9.61. The van der Waals surface area contributed by atoms with Crippen molar-refractivity contribution in [2.45, 2.75) is 20.4 Å². The third-order valence-electron chi connectivity index (χ3n) is 4.42. The van der Waals surface area contributed by atoms with Crippen LogP contribution in [0.3, 0.4) is 0 Å². The number of aromatic nitrogens is 2. The highest BCUT2D eigenvalue weighted by atomic mass is 32.1. The third kappa shape index (κ3) is 3.36. The van der Waals surface area contributed by atoms with Gasteiger partial charge in [-0.1, -0.05) is 52.9 Å². The van der Waals surface area contributed by atoms with Gasteiger partial charge in [0.15, 0.2) is 10.8 Å². The standard InChI is InChI=1S/C21H19N3O3S/c1-13-9-10-17(26-3)18-19(13)28-21(22-18)24(12-15-7-5-4-6-8-15)20(25)16-11-14(2)27-23-16/h4-11H,12H2,1-3H3. The van der Waals surface area contributed by atoms with Gasteiger partial charge in [0.25, 0.3) is 5.91 Å². The summed E-state index contributed by atoms with van der Waals surface area (Å²) in [6.07, 6.45) is 0. The average Bonchev–Trinajstić information content (AvgIpc) is 3.34. The normalized spacial score (nSPS) is 11.0. The van der Waals surface area contributed by atoms with Crippen LogP contribution in [0.15, 0.2) is 53.1 Å². The summed E-state index contributed by atoms with van der Waals surface area (Å²) < 4.78 is 11.6. The predicted octanol–water partition coefficient (Wildman–Crippen LogP) is 4.76. The van der Waals surface area contributed by atoms with Gasteiger partial charge in [-0.3, -0.25) is 9.69 Å². The van der Waals surface area contributed by atoms with E-state index >= 15 is 0 Å². The van der Waals surface area contributed by atoms with Crippen LogP contribution in [0.1, 0.15) is 27.4 Å². The molecule has 2 heterocycles. The zero-order chi connectivity index (χ0) is 19.7. The molecule has 0 aliphatic carbocycles. The fourth-order valence-electron chi connectivity index (χ4n) is 2.98. The molecule has 0 radical (unpaired) electrons. The van der Waals surface area contributed by atoms with Crippen LogP contribution >= 0.6 is 11.3 Å². The Morgan fingerprint density at radius 1 is 1.18 bits per heavy atom. The van der Waals surface area contributed by atoms with E-state index in [0.29, 0.717) is 23.2 Å². The lowest BCUT2D eigenvalue weighted by Gasteiger charge is -2.18. The third-order valence-corrected chi connectivity index (χ3v) is 5.63. The van der Waals surface area contributed by atoms with Crippen LogP contribution in [0.4, 0.5) is 5.13 Å². The molecule has 0 aliphatic heterocycles. The van der Waals surface area contributed by atoms with Crippen molar-refractivity contribution in [3.63, 3.8) is 0 Å². The lowest BCUT2D eigenvalue weighted by atomic mass is 10.2. The van der Waals surface area contributed by atoms with E-state index in [9.17, 15) is 4.79 Å². The van der Waals surface area contributed by atoms with Crippen molar-refractivity contribution in [1.29, 1.82) is 0 Å². The SMILES string of the molecule is COc1ccc(C)c2sc(N(Cc3ccccc3)C(=O)c3cc(C)on3)nc12. The number of hydrogen-bond donors (Lipinski definition) is 0. The number of anilines is 1. The van der Waals surface area contributed by atoms with Crippen LogP contribution in [-0.2, 0) is 6.54 Å². The number of ether oxygens (including phenoxy) is 1. The number of benzene rings is 2. The molecule has 4 aromatic rings. The van der Waals surface area contributed by atoms with Crippen molar-refractivity contribution in [2.24, 2.45) is 0 Å². The van der Waals surface area contributed by atoms with Gasteiger partial charge < -0.3 is 9.26 Å². The molecule has 0 unspecified atom stereocenters. The number of rotatable bonds is 5. The maximum absolute atomic E-state index is 13.2. The van der Waals surface area contributed by atoms with E-state index in [1.807, 2.05) is 49.4 Å². The van der Waals surface area contributed by atoms with Gasteiger partial charge in [0, 0.05) is 6.07 Å². The molecule has 7 heteroatoms. The largest absolute Gasteiger partial charge is 0.494 e. The monoisotopic (exact) mass is 393 g/mol. The summed E-state index contributed by atoms with van der Waals surface area (Å²) >= 11 is 1.47. The van der Waals surface area contributed by atoms with E-state index in [1.54, 1.807) is 25.0 Å². The summed E-state index contributed by atoms with van der Waals surface area (Å²) in [4.78, 5) is 19.6. The van der Waals surface area contributed by atoms with E-state index in [0.717, 1.165) is 21.3 Å². The summed E-state index contributed by atoms with van der Waals surface area (Å²) in [5, 5.41) is 4.49. The second-order valence-electron chi connectivity index (χ2n) is 6.46. The number of nitrogens with zero attached hydrogens (tertiary/aromatic N) is 3. The van der Waals surface area contributed by atoms with Crippen molar-refractivity contribution < 1.29 is 14.1 Å². The van der Waals surface area contributed by atoms with Crippen LogP contribution in [0.5, 0.6) is 5.75 Å². The van der Waals surface area contributed by atoms with Crippen LogP contribution in [0.25, 0.3) is 10.2 Å². The fraction of sp³-hybridized carbons (Fsp3) is 0.190. The maximum Gasteiger partial charge on any atom is 0.282 e. The molecule has 2 aromatic heterocycles. The molecule has 0 saturated carbocycles. The molecular formula is C21H19N3O3S. The van der Waals surface area contributed by atoms with Crippen LogP contribution in [-0.4, -0.2) is 23.2 Å². The quantitative estimate of drug-likeness (QED) is 0.489. The molecule has 0 bridgehead atoms. The Morgan fingerprint density at radius 3 is 2.64 bits per heavy atom. The fourth-order valence-corrected chi connectivity index (χ4v) is 4.03. The van der Waals surface area contributed by atoms with Gasteiger partial charge in [-0.25, -0.2) is 4.98 Å². The van der Waals surface area contributed by atoms with Gasteiger partial charge in [0.1, 0.15) is 17.0 Å². The Labute approximate surface area is 166 Å². The first kappa shape index (κ1) is 18.2. The second-order valence-corrected chi connectivity index (χ2v) is 7.44. The lowest BCUT2D eigenvalue weighted by molar-refractivity contribution is 0.0976. The number of hydrogen-bond acceptors (Lipinski definition) is 6. The molecule has 0 spiro atoms. The molecular weight excluding hydrogens is 374 g/mol. The Morgan fingerprint density at radius 2 is 1.96 bits per heavy atom. The molecule has 142 valence electrons. The van der Waals surface area contributed by atoms with Crippen LogP contribution < -0.4 is 9.64 Å². The highest BCUT2D eigenvalue weighted by Crippen LogP contribution is 2.37. The summed E-state index contributed by atoms with van der Waals surface area (Å²) in [5.41, 5.74) is 3.10. The highest BCUT2D eigenvalue weighted by Gasteiger charge is 2.25. The number of carbonyl (C=O) groups excluding carboxylic acids is 1. The van der Waals surface area contributed by atoms with Crippen LogP contribution in [0, 0.1) is 13.8 Å². The summed E-state index contributed by atoms with van der Waals surface area (Å²) in [6, 6.07) is 15.3. The predicted molar refractivity (Wildman–Crippen MR) is 109 cm³/mol. The zero-order valence-corrected chi connectivity index (χ0v) is 16.6. The Bertz CT molecular complexity index is 1130.